The van der Waals surface area contributed by atoms with E-state index in [2.05, 4.69) is 36.5 Å². The van der Waals surface area contributed by atoms with E-state index in [4.69, 9.17) is 0 Å². The minimum Gasteiger partial charge on any atom is -0.372 e. The molecule has 0 bridgehead atoms. The molecule has 0 aromatic carbocycles. The normalized spacial score (nSPS) is 10.2. The molecule has 0 saturated heterocycles. The molecule has 0 fully saturated rings. The molecule has 2 rings (SSSR count). The fourth-order valence-corrected chi connectivity index (χ4v) is 1.83. The summed E-state index contributed by atoms with van der Waals surface area (Å²) in [6.07, 6.45) is 1.05. The van der Waals surface area contributed by atoms with Gasteiger partial charge in [-0.05, 0) is 41.1 Å². The zero-order valence-corrected chi connectivity index (χ0v) is 12.5. The number of carbonyl (C=O) groups excluding carboxylic acids is 1. The second kappa shape index (κ2) is 5.96. The topological polar surface area (TPSA) is 66.9 Å². The van der Waals surface area contributed by atoms with Crippen molar-refractivity contribution in [1.82, 2.24) is 9.97 Å². The van der Waals surface area contributed by atoms with Gasteiger partial charge in [0, 0.05) is 11.5 Å². The fourth-order valence-electron chi connectivity index (χ4n) is 1.61. The Kier molecular flexibility index (Phi) is 4.29. The zero-order chi connectivity index (χ0) is 14.7. The fraction of sp³-hybridized carbons (Fsp3) is 0.154. The van der Waals surface area contributed by atoms with Gasteiger partial charge in [0.25, 0.3) is 5.91 Å². The zero-order valence-electron chi connectivity index (χ0n) is 10.9. The Morgan fingerprint density at radius 3 is 2.80 bits per heavy atom. The highest BCUT2D eigenvalue weighted by Crippen LogP contribution is 2.18. The maximum atomic E-state index is 13.2. The summed E-state index contributed by atoms with van der Waals surface area (Å²) in [5, 5.41) is 5.35. The lowest BCUT2D eigenvalue weighted by atomic mass is 10.2. The van der Waals surface area contributed by atoms with E-state index in [-0.39, 0.29) is 5.56 Å². The number of nitrogens with one attached hydrogen (secondary N) is 2. The van der Waals surface area contributed by atoms with Crippen molar-refractivity contribution in [2.24, 2.45) is 0 Å². The van der Waals surface area contributed by atoms with E-state index in [1.165, 1.54) is 0 Å². The van der Waals surface area contributed by atoms with Gasteiger partial charge in [-0.2, -0.15) is 0 Å². The smallest absolute Gasteiger partial charge is 0.260 e. The molecule has 2 N–H and O–H groups in total. The van der Waals surface area contributed by atoms with Gasteiger partial charge in [-0.1, -0.05) is 0 Å². The molecule has 7 heteroatoms. The van der Waals surface area contributed by atoms with Crippen molar-refractivity contribution in [1.29, 1.82) is 0 Å². The third-order valence-corrected chi connectivity index (χ3v) is 3.44. The number of hydrogen-bond donors (Lipinski definition) is 2. The number of pyridine rings is 2. The number of amides is 1. The quantitative estimate of drug-likeness (QED) is 0.902. The molecule has 2 heterocycles. The van der Waals surface area contributed by atoms with E-state index in [1.54, 1.807) is 19.2 Å². The standard InChI is InChI=1S/C13H12BrFN4O/c1-7-10(14)3-4-11(18-7)19-13(20)9-5-8(15)6-17-12(9)16-2/h3-6H,1-2H3,(H,16,17)(H,18,19,20). The molecular weight excluding hydrogens is 327 g/mol. The van der Waals surface area contributed by atoms with Crippen LogP contribution in [0.25, 0.3) is 0 Å². The molecule has 2 aromatic rings. The highest BCUT2D eigenvalue weighted by Gasteiger charge is 2.14. The van der Waals surface area contributed by atoms with Gasteiger partial charge in [0.1, 0.15) is 17.5 Å². The highest BCUT2D eigenvalue weighted by atomic mass is 79.9. The maximum Gasteiger partial charge on any atom is 0.260 e. The molecule has 0 aliphatic carbocycles. The average molecular weight is 339 g/mol. The number of aryl methyl sites for hydroxylation is 1. The van der Waals surface area contributed by atoms with E-state index >= 15 is 0 Å². The van der Waals surface area contributed by atoms with Gasteiger partial charge < -0.3 is 10.6 Å². The number of hydrogen-bond acceptors (Lipinski definition) is 4. The molecule has 0 unspecified atom stereocenters. The summed E-state index contributed by atoms with van der Waals surface area (Å²) in [5.41, 5.74) is 0.865. The Balaban J connectivity index is 2.27. The van der Waals surface area contributed by atoms with Gasteiger partial charge in [0.05, 0.1) is 17.5 Å². The van der Waals surface area contributed by atoms with Gasteiger partial charge in [0.2, 0.25) is 0 Å². The van der Waals surface area contributed by atoms with Gasteiger partial charge >= 0.3 is 0 Å². The van der Waals surface area contributed by atoms with Crippen LogP contribution in [-0.2, 0) is 0 Å². The first kappa shape index (κ1) is 14.4. The maximum absolute atomic E-state index is 13.2. The molecule has 20 heavy (non-hydrogen) atoms. The van der Waals surface area contributed by atoms with E-state index in [9.17, 15) is 9.18 Å². The van der Waals surface area contributed by atoms with E-state index in [1.807, 2.05) is 6.92 Å². The Morgan fingerprint density at radius 2 is 2.15 bits per heavy atom. The van der Waals surface area contributed by atoms with Crippen molar-refractivity contribution in [2.75, 3.05) is 17.7 Å². The predicted molar refractivity (Wildman–Crippen MR) is 78.4 cm³/mol. The van der Waals surface area contributed by atoms with Crippen molar-refractivity contribution in [3.63, 3.8) is 0 Å². The Hall–Kier alpha value is -2.02. The molecule has 0 radical (unpaired) electrons. The van der Waals surface area contributed by atoms with Crippen LogP contribution in [0.15, 0.2) is 28.9 Å². The van der Waals surface area contributed by atoms with Crippen molar-refractivity contribution in [3.05, 3.63) is 45.9 Å². The summed E-state index contributed by atoms with van der Waals surface area (Å²) in [6.45, 7) is 1.81. The minimum absolute atomic E-state index is 0.120. The van der Waals surface area contributed by atoms with Gasteiger partial charge in [-0.15, -0.1) is 0 Å². The van der Waals surface area contributed by atoms with Crippen LogP contribution in [0, 0.1) is 12.7 Å². The largest absolute Gasteiger partial charge is 0.372 e. The Morgan fingerprint density at radius 1 is 1.40 bits per heavy atom. The molecule has 2 aromatic heterocycles. The van der Waals surface area contributed by atoms with Crippen molar-refractivity contribution >= 4 is 33.5 Å². The van der Waals surface area contributed by atoms with Crippen molar-refractivity contribution in [3.8, 4) is 0 Å². The number of halogens is 2. The first-order valence-corrected chi connectivity index (χ1v) is 6.58. The highest BCUT2D eigenvalue weighted by molar-refractivity contribution is 9.10. The molecule has 1 amide bonds. The SMILES string of the molecule is CNc1ncc(F)cc1C(=O)Nc1ccc(Br)c(C)n1. The van der Waals surface area contributed by atoms with Gasteiger partial charge in [-0.25, -0.2) is 14.4 Å². The predicted octanol–water partition coefficient (Wildman–Crippen LogP) is 2.98. The molecular formula is C13H12BrFN4O. The number of anilines is 2. The van der Waals surface area contributed by atoms with E-state index in [0.717, 1.165) is 22.4 Å². The monoisotopic (exact) mass is 338 g/mol. The van der Waals surface area contributed by atoms with Gasteiger partial charge in [-0.3, -0.25) is 4.79 Å². The first-order chi connectivity index (χ1) is 9.51. The molecule has 0 aliphatic rings. The van der Waals surface area contributed by atoms with Crippen LogP contribution in [0.2, 0.25) is 0 Å². The van der Waals surface area contributed by atoms with Crippen LogP contribution in [-0.4, -0.2) is 22.9 Å². The van der Waals surface area contributed by atoms with Crippen LogP contribution in [0.4, 0.5) is 16.0 Å². The summed E-state index contributed by atoms with van der Waals surface area (Å²) in [5.74, 6) is -0.357. The summed E-state index contributed by atoms with van der Waals surface area (Å²) >= 11 is 3.33. The number of aromatic nitrogens is 2. The van der Waals surface area contributed by atoms with Crippen LogP contribution < -0.4 is 10.6 Å². The summed E-state index contributed by atoms with van der Waals surface area (Å²) in [7, 11) is 1.61. The molecule has 0 spiro atoms. The van der Waals surface area contributed by atoms with Crippen molar-refractivity contribution in [2.45, 2.75) is 6.92 Å². The first-order valence-electron chi connectivity index (χ1n) is 5.79. The summed E-state index contributed by atoms with van der Waals surface area (Å²) in [6, 6.07) is 4.56. The minimum atomic E-state index is -0.575. The molecule has 0 aliphatic heterocycles. The average Bonchev–Trinajstić information content (AvgIpc) is 2.43. The second-order valence-electron chi connectivity index (χ2n) is 4.02. The second-order valence-corrected chi connectivity index (χ2v) is 4.87. The lowest BCUT2D eigenvalue weighted by Crippen LogP contribution is -2.16. The lowest BCUT2D eigenvalue weighted by Gasteiger charge is -2.09. The van der Waals surface area contributed by atoms with Crippen molar-refractivity contribution < 1.29 is 9.18 Å². The third kappa shape index (κ3) is 3.11. The number of rotatable bonds is 3. The molecule has 104 valence electrons. The van der Waals surface area contributed by atoms with Crippen LogP contribution in [0.1, 0.15) is 16.1 Å². The van der Waals surface area contributed by atoms with E-state index in [0.29, 0.717) is 11.6 Å². The van der Waals surface area contributed by atoms with Crippen LogP contribution in [0.5, 0.6) is 0 Å². The molecule has 5 nitrogen and oxygen atoms in total. The van der Waals surface area contributed by atoms with Crippen LogP contribution in [0.3, 0.4) is 0 Å². The summed E-state index contributed by atoms with van der Waals surface area (Å²) in [4.78, 5) is 20.2. The third-order valence-electron chi connectivity index (χ3n) is 2.60. The number of carbonyl (C=O) groups is 1. The van der Waals surface area contributed by atoms with Gasteiger partial charge in [0.15, 0.2) is 0 Å². The Bertz CT molecular complexity index is 663. The molecule has 0 atom stereocenters. The summed E-state index contributed by atoms with van der Waals surface area (Å²) < 4.78 is 14.1. The lowest BCUT2D eigenvalue weighted by molar-refractivity contribution is 0.102. The van der Waals surface area contributed by atoms with E-state index < -0.39 is 11.7 Å². The Labute approximate surface area is 123 Å². The molecule has 0 saturated carbocycles. The van der Waals surface area contributed by atoms with Crippen LogP contribution >= 0.6 is 15.9 Å². The number of nitrogens with zero attached hydrogens (tertiary/aromatic N) is 2.